The van der Waals surface area contributed by atoms with Crippen molar-refractivity contribution >= 4 is 17.4 Å². The molecule has 0 radical (unpaired) electrons. The molecule has 18 heavy (non-hydrogen) atoms. The molecule has 1 saturated heterocycles. The summed E-state index contributed by atoms with van der Waals surface area (Å²) >= 11 is 5.85. The van der Waals surface area contributed by atoms with Crippen LogP contribution in [0.1, 0.15) is 18.4 Å². The zero-order valence-electron chi connectivity index (χ0n) is 10.6. The summed E-state index contributed by atoms with van der Waals surface area (Å²) in [5, 5.41) is 20.7. The highest BCUT2D eigenvalue weighted by atomic mass is 35.5. The lowest BCUT2D eigenvalue weighted by Crippen LogP contribution is -2.43. The molecule has 6 heteroatoms. The van der Waals surface area contributed by atoms with Gasteiger partial charge in [0.05, 0.1) is 6.61 Å². The van der Waals surface area contributed by atoms with E-state index >= 15 is 0 Å². The highest BCUT2D eigenvalue weighted by molar-refractivity contribution is 6.30. The van der Waals surface area contributed by atoms with Gasteiger partial charge in [-0.05, 0) is 37.9 Å². The predicted octanol–water partition coefficient (Wildman–Crippen LogP) is 1.31. The van der Waals surface area contributed by atoms with Gasteiger partial charge in [0, 0.05) is 19.1 Å². The summed E-state index contributed by atoms with van der Waals surface area (Å²) < 4.78 is 0. The third-order valence-electron chi connectivity index (χ3n) is 3.20. The van der Waals surface area contributed by atoms with Crippen LogP contribution in [-0.4, -0.2) is 52.5 Å². The molecule has 100 valence electrons. The number of aliphatic hydroxyl groups excluding tert-OH is 1. The lowest BCUT2D eigenvalue weighted by atomic mass is 10.1. The Balaban J connectivity index is 1.93. The number of nitrogens with one attached hydrogen (secondary N) is 1. The number of aryl methyl sites for hydroxylation is 1. The summed E-state index contributed by atoms with van der Waals surface area (Å²) in [5.41, 5.74) is 0.928. The Bertz CT molecular complexity index is 400. The van der Waals surface area contributed by atoms with Crippen LogP contribution in [0.5, 0.6) is 0 Å². The van der Waals surface area contributed by atoms with Crippen LogP contribution in [-0.2, 0) is 0 Å². The van der Waals surface area contributed by atoms with Gasteiger partial charge in [-0.25, -0.2) is 0 Å². The second-order valence-electron chi connectivity index (χ2n) is 4.71. The molecule has 2 N–H and O–H groups in total. The second-order valence-corrected chi connectivity index (χ2v) is 5.07. The van der Waals surface area contributed by atoms with Crippen LogP contribution in [0.4, 0.5) is 5.82 Å². The predicted molar refractivity (Wildman–Crippen MR) is 71.9 cm³/mol. The maximum Gasteiger partial charge on any atom is 0.154 e. The monoisotopic (exact) mass is 270 g/mol. The minimum atomic E-state index is 0.215. The lowest BCUT2D eigenvalue weighted by molar-refractivity contribution is 0.166. The van der Waals surface area contributed by atoms with Gasteiger partial charge in [0.25, 0.3) is 0 Å². The minimum absolute atomic E-state index is 0.215. The average molecular weight is 271 g/mol. The van der Waals surface area contributed by atoms with E-state index < -0.39 is 0 Å². The van der Waals surface area contributed by atoms with E-state index in [1.165, 1.54) is 0 Å². The molecule has 0 aliphatic carbocycles. The molecule has 1 atom stereocenters. The van der Waals surface area contributed by atoms with Crippen LogP contribution in [0.2, 0.25) is 5.15 Å². The lowest BCUT2D eigenvalue weighted by Gasteiger charge is -2.32. The van der Waals surface area contributed by atoms with Crippen molar-refractivity contribution in [2.45, 2.75) is 25.8 Å². The van der Waals surface area contributed by atoms with E-state index in [0.29, 0.717) is 11.2 Å². The number of hydrogen-bond acceptors (Lipinski definition) is 5. The van der Waals surface area contributed by atoms with Gasteiger partial charge in [-0.2, -0.15) is 0 Å². The van der Waals surface area contributed by atoms with E-state index in [0.717, 1.165) is 43.9 Å². The number of aromatic nitrogens is 2. The SMILES string of the molecule is Cc1cc(N[C@@H]2CCCN(CCO)C2)nnc1Cl. The zero-order chi connectivity index (χ0) is 13.0. The first-order valence-electron chi connectivity index (χ1n) is 6.28. The summed E-state index contributed by atoms with van der Waals surface area (Å²) in [6.07, 6.45) is 2.25. The number of aliphatic hydroxyl groups is 1. The largest absolute Gasteiger partial charge is 0.395 e. The number of β-amino-alcohol motifs (C(OH)–C–C–N with tert-alkyl or cyclic N) is 1. The van der Waals surface area contributed by atoms with Gasteiger partial charge in [-0.3, -0.25) is 4.90 Å². The number of likely N-dealkylation sites (tertiary alicyclic amines) is 1. The van der Waals surface area contributed by atoms with Crippen LogP contribution in [0.25, 0.3) is 0 Å². The Morgan fingerprint density at radius 3 is 3.11 bits per heavy atom. The molecular weight excluding hydrogens is 252 g/mol. The van der Waals surface area contributed by atoms with Gasteiger partial charge >= 0.3 is 0 Å². The Hall–Kier alpha value is -0.910. The van der Waals surface area contributed by atoms with Crippen molar-refractivity contribution in [1.29, 1.82) is 0 Å². The Labute approximate surface area is 112 Å². The molecule has 0 bridgehead atoms. The molecule has 1 aliphatic heterocycles. The number of rotatable bonds is 4. The molecule has 0 spiro atoms. The van der Waals surface area contributed by atoms with E-state index in [-0.39, 0.29) is 6.61 Å². The van der Waals surface area contributed by atoms with Crippen molar-refractivity contribution in [2.75, 3.05) is 31.6 Å². The van der Waals surface area contributed by atoms with Gasteiger partial charge in [0.15, 0.2) is 5.15 Å². The van der Waals surface area contributed by atoms with Crippen molar-refractivity contribution in [1.82, 2.24) is 15.1 Å². The molecule has 0 saturated carbocycles. The zero-order valence-corrected chi connectivity index (χ0v) is 11.3. The molecule has 1 aromatic rings. The highest BCUT2D eigenvalue weighted by Gasteiger charge is 2.19. The van der Waals surface area contributed by atoms with Gasteiger partial charge in [0.2, 0.25) is 0 Å². The van der Waals surface area contributed by atoms with Crippen LogP contribution in [0, 0.1) is 6.92 Å². The molecule has 0 amide bonds. The average Bonchev–Trinajstić information content (AvgIpc) is 2.35. The minimum Gasteiger partial charge on any atom is -0.395 e. The second kappa shape index (κ2) is 6.31. The van der Waals surface area contributed by atoms with Crippen molar-refractivity contribution in [3.05, 3.63) is 16.8 Å². The van der Waals surface area contributed by atoms with E-state index in [2.05, 4.69) is 20.4 Å². The molecule has 0 aromatic carbocycles. The third-order valence-corrected chi connectivity index (χ3v) is 3.57. The fourth-order valence-corrected chi connectivity index (χ4v) is 2.36. The van der Waals surface area contributed by atoms with Crippen molar-refractivity contribution in [3.8, 4) is 0 Å². The standard InChI is InChI=1S/C12H19ClN4O/c1-9-7-11(15-16-12(9)13)14-10-3-2-4-17(8-10)5-6-18/h7,10,18H,2-6,8H2,1H3,(H,14,15)/t10-/m1/s1. The van der Waals surface area contributed by atoms with Crippen LogP contribution >= 0.6 is 11.6 Å². The third kappa shape index (κ3) is 3.54. The van der Waals surface area contributed by atoms with Crippen LogP contribution in [0.3, 0.4) is 0 Å². The van der Waals surface area contributed by atoms with Gasteiger partial charge in [0.1, 0.15) is 5.82 Å². The van der Waals surface area contributed by atoms with Crippen LogP contribution < -0.4 is 5.32 Å². The smallest absolute Gasteiger partial charge is 0.154 e. The van der Waals surface area contributed by atoms with Crippen molar-refractivity contribution in [3.63, 3.8) is 0 Å². The summed E-state index contributed by atoms with van der Waals surface area (Å²) in [6.45, 7) is 4.87. The first-order chi connectivity index (χ1) is 8.69. The molecule has 5 nitrogen and oxygen atoms in total. The maximum absolute atomic E-state index is 8.96. The first-order valence-corrected chi connectivity index (χ1v) is 6.66. The van der Waals surface area contributed by atoms with E-state index in [9.17, 15) is 0 Å². The first kappa shape index (κ1) is 13.5. The topological polar surface area (TPSA) is 61.3 Å². The molecule has 0 unspecified atom stereocenters. The molecule has 2 rings (SSSR count). The summed E-state index contributed by atoms with van der Waals surface area (Å²) in [5.74, 6) is 0.771. The normalized spacial score (nSPS) is 20.9. The fraction of sp³-hybridized carbons (Fsp3) is 0.667. The number of nitrogens with zero attached hydrogens (tertiary/aromatic N) is 3. The highest BCUT2D eigenvalue weighted by Crippen LogP contribution is 2.17. The van der Waals surface area contributed by atoms with Gasteiger partial charge in [-0.1, -0.05) is 11.6 Å². The Kier molecular flexibility index (Phi) is 4.74. The van der Waals surface area contributed by atoms with E-state index in [1.807, 2.05) is 13.0 Å². The molecule has 1 fully saturated rings. The Morgan fingerprint density at radius 1 is 1.56 bits per heavy atom. The van der Waals surface area contributed by atoms with E-state index in [4.69, 9.17) is 16.7 Å². The number of hydrogen-bond donors (Lipinski definition) is 2. The van der Waals surface area contributed by atoms with Gasteiger partial charge < -0.3 is 10.4 Å². The molecule has 1 aliphatic rings. The van der Waals surface area contributed by atoms with Crippen molar-refractivity contribution < 1.29 is 5.11 Å². The molecular formula is C12H19ClN4O. The van der Waals surface area contributed by atoms with Crippen molar-refractivity contribution in [2.24, 2.45) is 0 Å². The quantitative estimate of drug-likeness (QED) is 0.864. The maximum atomic E-state index is 8.96. The van der Waals surface area contributed by atoms with E-state index in [1.54, 1.807) is 0 Å². The van der Waals surface area contributed by atoms with Gasteiger partial charge in [-0.15, -0.1) is 10.2 Å². The Morgan fingerprint density at radius 2 is 2.39 bits per heavy atom. The molecule has 2 heterocycles. The summed E-state index contributed by atoms with van der Waals surface area (Å²) in [4.78, 5) is 2.26. The molecule has 1 aromatic heterocycles. The number of halogens is 1. The summed E-state index contributed by atoms with van der Waals surface area (Å²) in [6, 6.07) is 2.28. The van der Waals surface area contributed by atoms with Crippen LogP contribution in [0.15, 0.2) is 6.07 Å². The summed E-state index contributed by atoms with van der Waals surface area (Å²) in [7, 11) is 0. The fourth-order valence-electron chi connectivity index (χ4n) is 2.27. The number of piperidine rings is 1. The number of anilines is 1.